The fourth-order valence-corrected chi connectivity index (χ4v) is 5.12. The Morgan fingerprint density at radius 2 is 1.53 bits per heavy atom. The number of carbonyl (C=O) groups is 5. The quantitative estimate of drug-likeness (QED) is 0.0801. The highest BCUT2D eigenvalue weighted by atomic mass is 16.7. The van der Waals surface area contributed by atoms with Crippen LogP contribution < -0.4 is 21.1 Å². The van der Waals surface area contributed by atoms with Gasteiger partial charge in [0.05, 0.1) is 12.5 Å². The molecule has 3 amide bonds. The number of nitrogens with two attached hydrogens (primary N) is 1. The van der Waals surface area contributed by atoms with Crippen molar-refractivity contribution >= 4 is 29.5 Å². The Hall–Kier alpha value is -4.21. The molecule has 0 saturated heterocycles. The zero-order valence-electron chi connectivity index (χ0n) is 28.3. The standard InChI is InChI=1S/C37H53N3O7/c1-4-6-9-17-35(43)40-32(33(41)25-31(27(3)5-2)37(45)39-22-13-8-12-16-34(38)42)23-29-18-20-30(21-19-29)46-26-47-36(44)24-28-14-10-7-11-15-28/h7,10-11,14-15,18-21,27,31-32H,4-6,8-9,12-13,16-17,22-26H2,1-3H3,(H2,38,42)(H,39,45)(H,40,43). The number of unbranched alkanes of at least 4 members (excludes halogenated alkanes) is 4. The Balaban J connectivity index is 2.01. The number of rotatable bonds is 24. The Morgan fingerprint density at radius 1 is 0.830 bits per heavy atom. The van der Waals surface area contributed by atoms with Crippen molar-refractivity contribution in [3.05, 3.63) is 65.7 Å². The summed E-state index contributed by atoms with van der Waals surface area (Å²) < 4.78 is 10.8. The average molecular weight is 652 g/mol. The molecule has 0 saturated carbocycles. The number of esters is 1. The number of nitrogens with one attached hydrogen (secondary N) is 2. The molecule has 0 aromatic heterocycles. The Labute approximate surface area is 279 Å². The van der Waals surface area contributed by atoms with E-state index in [1.165, 1.54) is 0 Å². The first kappa shape index (κ1) is 39.0. The Kier molecular flexibility index (Phi) is 18.5. The zero-order valence-corrected chi connectivity index (χ0v) is 28.3. The van der Waals surface area contributed by atoms with Crippen molar-refractivity contribution in [3.63, 3.8) is 0 Å². The highest BCUT2D eigenvalue weighted by Crippen LogP contribution is 2.22. The van der Waals surface area contributed by atoms with Crippen molar-refractivity contribution in [3.8, 4) is 5.75 Å². The third-order valence-corrected chi connectivity index (χ3v) is 8.22. The van der Waals surface area contributed by atoms with Gasteiger partial charge in [-0.05, 0) is 54.9 Å². The lowest BCUT2D eigenvalue weighted by molar-refractivity contribution is -0.149. The van der Waals surface area contributed by atoms with Gasteiger partial charge in [-0.15, -0.1) is 0 Å². The Morgan fingerprint density at radius 3 is 2.19 bits per heavy atom. The maximum atomic E-state index is 13.7. The molecule has 0 radical (unpaired) electrons. The SMILES string of the molecule is CCCCCC(=O)NC(Cc1ccc(OCOC(=O)Cc2ccccc2)cc1)C(=O)CC(C(=O)NCCCCCC(N)=O)C(C)CC. The molecule has 0 spiro atoms. The van der Waals surface area contributed by atoms with Crippen molar-refractivity contribution in [1.82, 2.24) is 10.6 Å². The maximum absolute atomic E-state index is 13.7. The van der Waals surface area contributed by atoms with E-state index in [1.807, 2.05) is 56.3 Å². The molecule has 0 aliphatic rings. The molecule has 10 heteroatoms. The second-order valence-corrected chi connectivity index (χ2v) is 12.1. The van der Waals surface area contributed by atoms with Crippen LogP contribution in [-0.2, 0) is 41.6 Å². The van der Waals surface area contributed by atoms with Crippen LogP contribution in [0.25, 0.3) is 0 Å². The Bertz CT molecular complexity index is 1250. The predicted octanol–water partition coefficient (Wildman–Crippen LogP) is 5.20. The van der Waals surface area contributed by atoms with Gasteiger partial charge in [-0.25, -0.2) is 0 Å². The van der Waals surface area contributed by atoms with Gasteiger partial charge in [-0.2, -0.15) is 0 Å². The second-order valence-electron chi connectivity index (χ2n) is 12.1. The fourth-order valence-electron chi connectivity index (χ4n) is 5.12. The second kappa shape index (κ2) is 22.3. The van der Waals surface area contributed by atoms with Crippen molar-refractivity contribution in [1.29, 1.82) is 0 Å². The fraction of sp³-hybridized carbons (Fsp3) is 0.541. The minimum absolute atomic E-state index is 0.0119. The van der Waals surface area contributed by atoms with E-state index in [0.717, 1.165) is 43.2 Å². The summed E-state index contributed by atoms with van der Waals surface area (Å²) in [6.07, 6.45) is 6.61. The summed E-state index contributed by atoms with van der Waals surface area (Å²) in [5.41, 5.74) is 6.86. The van der Waals surface area contributed by atoms with E-state index in [4.69, 9.17) is 15.2 Å². The molecule has 47 heavy (non-hydrogen) atoms. The number of Topliss-reactive ketones (excluding diaryl/α,β-unsaturated/α-hetero) is 1. The number of hydrogen-bond donors (Lipinski definition) is 3. The monoisotopic (exact) mass is 651 g/mol. The number of ether oxygens (including phenoxy) is 2. The third kappa shape index (κ3) is 16.3. The van der Waals surface area contributed by atoms with E-state index in [2.05, 4.69) is 17.6 Å². The van der Waals surface area contributed by atoms with Crippen LogP contribution in [0.15, 0.2) is 54.6 Å². The largest absolute Gasteiger partial charge is 0.457 e. The molecule has 10 nitrogen and oxygen atoms in total. The predicted molar refractivity (Wildman–Crippen MR) is 181 cm³/mol. The molecule has 4 N–H and O–H groups in total. The number of ketones is 1. The van der Waals surface area contributed by atoms with Crippen LogP contribution in [0.4, 0.5) is 0 Å². The molecule has 2 aromatic rings. The zero-order chi connectivity index (χ0) is 34.4. The third-order valence-electron chi connectivity index (χ3n) is 8.22. The number of benzene rings is 2. The highest BCUT2D eigenvalue weighted by Gasteiger charge is 2.30. The number of hydrogen-bond acceptors (Lipinski definition) is 7. The molecular weight excluding hydrogens is 598 g/mol. The van der Waals surface area contributed by atoms with E-state index in [9.17, 15) is 24.0 Å². The minimum atomic E-state index is -0.789. The normalized spacial score (nSPS) is 12.7. The first-order chi connectivity index (χ1) is 22.6. The van der Waals surface area contributed by atoms with E-state index in [1.54, 1.807) is 12.1 Å². The van der Waals surface area contributed by atoms with Crippen LogP contribution in [0, 0.1) is 11.8 Å². The molecular formula is C37H53N3O7. The summed E-state index contributed by atoms with van der Waals surface area (Å²) in [4.78, 5) is 62.7. The van der Waals surface area contributed by atoms with Crippen molar-refractivity contribution in [2.75, 3.05) is 13.3 Å². The molecule has 3 unspecified atom stereocenters. The van der Waals surface area contributed by atoms with Gasteiger partial charge in [0.15, 0.2) is 5.78 Å². The first-order valence-electron chi connectivity index (χ1n) is 16.9. The number of primary amides is 1. The van der Waals surface area contributed by atoms with Crippen molar-refractivity contribution in [2.24, 2.45) is 17.6 Å². The first-order valence-corrected chi connectivity index (χ1v) is 16.9. The van der Waals surface area contributed by atoms with Crippen LogP contribution in [0.3, 0.4) is 0 Å². The summed E-state index contributed by atoms with van der Waals surface area (Å²) >= 11 is 0. The summed E-state index contributed by atoms with van der Waals surface area (Å²) in [7, 11) is 0. The summed E-state index contributed by atoms with van der Waals surface area (Å²) in [5, 5.41) is 5.89. The number of amides is 3. The van der Waals surface area contributed by atoms with Crippen molar-refractivity contribution in [2.45, 2.75) is 104 Å². The summed E-state index contributed by atoms with van der Waals surface area (Å²) in [5.74, 6) is -1.36. The van der Waals surface area contributed by atoms with Gasteiger partial charge < -0.3 is 25.8 Å². The number of carbonyl (C=O) groups excluding carboxylic acids is 5. The lowest BCUT2D eigenvalue weighted by Crippen LogP contribution is -2.45. The maximum Gasteiger partial charge on any atom is 0.313 e. The minimum Gasteiger partial charge on any atom is -0.457 e. The van der Waals surface area contributed by atoms with Crippen LogP contribution >= 0.6 is 0 Å². The average Bonchev–Trinajstić information content (AvgIpc) is 3.05. The molecule has 0 bridgehead atoms. The lowest BCUT2D eigenvalue weighted by Gasteiger charge is -2.25. The molecule has 2 aromatic carbocycles. The van der Waals surface area contributed by atoms with Gasteiger partial charge in [0.25, 0.3) is 0 Å². The van der Waals surface area contributed by atoms with Crippen molar-refractivity contribution < 1.29 is 33.4 Å². The van der Waals surface area contributed by atoms with Gasteiger partial charge in [0.1, 0.15) is 5.75 Å². The van der Waals surface area contributed by atoms with Crippen LogP contribution in [0.2, 0.25) is 0 Å². The summed E-state index contributed by atoms with van der Waals surface area (Å²) in [6.45, 7) is 6.23. The molecule has 0 aliphatic heterocycles. The van der Waals surface area contributed by atoms with E-state index >= 15 is 0 Å². The highest BCUT2D eigenvalue weighted by molar-refractivity contribution is 5.92. The molecule has 0 fully saturated rings. The van der Waals surface area contributed by atoms with Gasteiger partial charge in [0, 0.05) is 31.7 Å². The summed E-state index contributed by atoms with van der Waals surface area (Å²) in [6, 6.07) is 15.6. The molecule has 258 valence electrons. The van der Waals surface area contributed by atoms with E-state index in [-0.39, 0.29) is 55.5 Å². The molecule has 3 atom stereocenters. The van der Waals surface area contributed by atoms with Crippen LogP contribution in [0.5, 0.6) is 5.75 Å². The molecule has 2 rings (SSSR count). The van der Waals surface area contributed by atoms with Gasteiger partial charge >= 0.3 is 5.97 Å². The molecule has 0 heterocycles. The lowest BCUT2D eigenvalue weighted by atomic mass is 9.84. The van der Waals surface area contributed by atoms with E-state index in [0.29, 0.717) is 38.0 Å². The topological polar surface area (TPSA) is 154 Å². The van der Waals surface area contributed by atoms with Gasteiger partial charge in [0.2, 0.25) is 24.5 Å². The van der Waals surface area contributed by atoms with Crippen LogP contribution in [0.1, 0.15) is 96.1 Å². The molecule has 0 aliphatic carbocycles. The smallest absolute Gasteiger partial charge is 0.313 e. The van der Waals surface area contributed by atoms with E-state index < -0.39 is 17.9 Å². The van der Waals surface area contributed by atoms with Crippen LogP contribution in [-0.4, -0.2) is 48.9 Å². The van der Waals surface area contributed by atoms with Gasteiger partial charge in [-0.3, -0.25) is 24.0 Å². The van der Waals surface area contributed by atoms with Gasteiger partial charge in [-0.1, -0.05) is 88.9 Å².